The van der Waals surface area contributed by atoms with Crippen LogP contribution in [0.2, 0.25) is 0 Å². The molecule has 1 fully saturated rings. The molecule has 0 aliphatic carbocycles. The minimum Gasteiger partial charge on any atom is -0.478 e. The Morgan fingerprint density at radius 1 is 1.60 bits per heavy atom. The van der Waals surface area contributed by atoms with Crippen LogP contribution >= 0.6 is 0 Å². The summed E-state index contributed by atoms with van der Waals surface area (Å²) in [5.41, 5.74) is 0. The van der Waals surface area contributed by atoms with Crippen molar-refractivity contribution in [2.24, 2.45) is 0 Å². The summed E-state index contributed by atoms with van der Waals surface area (Å²) in [5, 5.41) is 9.25. The molecular formula is C14H18FNO4. The molecule has 1 heterocycles. The van der Waals surface area contributed by atoms with Crippen LogP contribution in [0.25, 0.3) is 0 Å². The standard InChI is InChI=1S/C14H18FNO4/c1-10(20-13-5-3-2-4-12(13)15)14(18)16-6-7-19-9-11(16)8-17/h2-5,10-11,17H,6-9H2,1H3. The highest BCUT2D eigenvalue weighted by atomic mass is 19.1. The second kappa shape index (κ2) is 6.67. The first kappa shape index (κ1) is 14.7. The number of hydrogen-bond donors (Lipinski definition) is 1. The molecule has 2 unspecified atom stereocenters. The van der Waals surface area contributed by atoms with Crippen LogP contribution in [-0.4, -0.2) is 54.4 Å². The number of amides is 1. The van der Waals surface area contributed by atoms with Crippen molar-refractivity contribution < 1.29 is 23.8 Å². The van der Waals surface area contributed by atoms with Crippen molar-refractivity contribution in [2.75, 3.05) is 26.4 Å². The molecule has 1 saturated heterocycles. The number of morpholine rings is 1. The quantitative estimate of drug-likeness (QED) is 0.888. The summed E-state index contributed by atoms with van der Waals surface area (Å²) in [6.07, 6.45) is -0.820. The highest BCUT2D eigenvalue weighted by Gasteiger charge is 2.30. The largest absolute Gasteiger partial charge is 0.478 e. The molecule has 2 rings (SSSR count). The van der Waals surface area contributed by atoms with E-state index in [2.05, 4.69) is 0 Å². The van der Waals surface area contributed by atoms with Gasteiger partial charge < -0.3 is 19.5 Å². The molecule has 5 nitrogen and oxygen atoms in total. The fourth-order valence-electron chi connectivity index (χ4n) is 2.11. The summed E-state index contributed by atoms with van der Waals surface area (Å²) in [6, 6.07) is 5.57. The topological polar surface area (TPSA) is 59.0 Å². The van der Waals surface area contributed by atoms with Crippen LogP contribution in [0.3, 0.4) is 0 Å². The van der Waals surface area contributed by atoms with E-state index in [4.69, 9.17) is 9.47 Å². The fourth-order valence-corrected chi connectivity index (χ4v) is 2.11. The highest BCUT2D eigenvalue weighted by molar-refractivity contribution is 5.81. The van der Waals surface area contributed by atoms with E-state index in [9.17, 15) is 14.3 Å². The maximum absolute atomic E-state index is 13.5. The number of rotatable bonds is 4. The number of hydrogen-bond acceptors (Lipinski definition) is 4. The van der Waals surface area contributed by atoms with E-state index in [1.54, 1.807) is 19.1 Å². The Hall–Kier alpha value is -1.66. The molecule has 0 radical (unpaired) electrons. The van der Waals surface area contributed by atoms with Gasteiger partial charge in [0, 0.05) is 6.54 Å². The Kier molecular flexibility index (Phi) is 4.92. The summed E-state index contributed by atoms with van der Waals surface area (Å²) in [5.74, 6) is -0.745. The maximum atomic E-state index is 13.5. The first-order valence-electron chi connectivity index (χ1n) is 6.53. The molecule has 6 heteroatoms. The van der Waals surface area contributed by atoms with Crippen molar-refractivity contribution in [3.8, 4) is 5.75 Å². The number of carbonyl (C=O) groups excluding carboxylic acids is 1. The van der Waals surface area contributed by atoms with Crippen LogP contribution in [0.15, 0.2) is 24.3 Å². The van der Waals surface area contributed by atoms with Crippen molar-refractivity contribution >= 4 is 5.91 Å². The van der Waals surface area contributed by atoms with Crippen molar-refractivity contribution in [2.45, 2.75) is 19.1 Å². The van der Waals surface area contributed by atoms with E-state index in [0.29, 0.717) is 19.8 Å². The van der Waals surface area contributed by atoms with Crippen molar-refractivity contribution in [3.05, 3.63) is 30.1 Å². The molecule has 0 aromatic heterocycles. The van der Waals surface area contributed by atoms with Gasteiger partial charge in [0.25, 0.3) is 5.91 Å². The Bertz CT molecular complexity index is 468. The SMILES string of the molecule is CC(Oc1ccccc1F)C(=O)N1CCOCC1CO. The Morgan fingerprint density at radius 3 is 3.05 bits per heavy atom. The second-order valence-corrected chi connectivity index (χ2v) is 4.63. The third-order valence-corrected chi connectivity index (χ3v) is 3.21. The number of aliphatic hydroxyl groups is 1. The number of benzene rings is 1. The van der Waals surface area contributed by atoms with E-state index in [1.807, 2.05) is 0 Å². The van der Waals surface area contributed by atoms with Crippen molar-refractivity contribution in [1.29, 1.82) is 0 Å². The summed E-state index contributed by atoms with van der Waals surface area (Å²) >= 11 is 0. The molecule has 1 aromatic rings. The number of halogens is 1. The molecule has 1 N–H and O–H groups in total. The van der Waals surface area contributed by atoms with E-state index in [-0.39, 0.29) is 24.3 Å². The van der Waals surface area contributed by atoms with Crippen LogP contribution in [0, 0.1) is 5.82 Å². The maximum Gasteiger partial charge on any atom is 0.263 e. The van der Waals surface area contributed by atoms with E-state index < -0.39 is 11.9 Å². The van der Waals surface area contributed by atoms with Gasteiger partial charge in [-0.15, -0.1) is 0 Å². The number of aliphatic hydroxyl groups excluding tert-OH is 1. The van der Waals surface area contributed by atoms with Crippen molar-refractivity contribution in [3.63, 3.8) is 0 Å². The van der Waals surface area contributed by atoms with E-state index >= 15 is 0 Å². The van der Waals surface area contributed by atoms with Gasteiger partial charge in [-0.2, -0.15) is 0 Å². The van der Waals surface area contributed by atoms with Gasteiger partial charge in [0.1, 0.15) is 0 Å². The van der Waals surface area contributed by atoms with Crippen LogP contribution in [0.4, 0.5) is 4.39 Å². The number of carbonyl (C=O) groups is 1. The fraction of sp³-hybridized carbons (Fsp3) is 0.500. The first-order chi connectivity index (χ1) is 9.63. The zero-order chi connectivity index (χ0) is 14.5. The predicted octanol–water partition coefficient (Wildman–Crippen LogP) is 0.813. The average molecular weight is 283 g/mol. The minimum absolute atomic E-state index is 0.0437. The van der Waals surface area contributed by atoms with E-state index in [0.717, 1.165) is 0 Å². The lowest BCUT2D eigenvalue weighted by molar-refractivity contribution is -0.148. The third kappa shape index (κ3) is 3.26. The van der Waals surface area contributed by atoms with Gasteiger partial charge in [0.2, 0.25) is 0 Å². The summed E-state index contributed by atoms with van der Waals surface area (Å²) < 4.78 is 24.1. The lowest BCUT2D eigenvalue weighted by Gasteiger charge is -2.35. The molecule has 2 atom stereocenters. The summed E-state index contributed by atoms with van der Waals surface area (Å²) in [7, 11) is 0. The second-order valence-electron chi connectivity index (χ2n) is 4.63. The van der Waals surface area contributed by atoms with Crippen LogP contribution in [0.5, 0.6) is 5.75 Å². The molecular weight excluding hydrogens is 265 g/mol. The number of ether oxygens (including phenoxy) is 2. The number of para-hydroxylation sites is 1. The zero-order valence-electron chi connectivity index (χ0n) is 11.3. The molecule has 0 saturated carbocycles. The first-order valence-corrected chi connectivity index (χ1v) is 6.53. The average Bonchev–Trinajstić information content (AvgIpc) is 2.48. The lowest BCUT2D eigenvalue weighted by atomic mass is 10.2. The summed E-state index contributed by atoms with van der Waals surface area (Å²) in [4.78, 5) is 13.8. The molecule has 1 amide bonds. The monoisotopic (exact) mass is 283 g/mol. The normalized spacial score (nSPS) is 20.6. The Balaban J connectivity index is 2.03. The van der Waals surface area contributed by atoms with Gasteiger partial charge in [0.05, 0.1) is 25.9 Å². The molecule has 20 heavy (non-hydrogen) atoms. The van der Waals surface area contributed by atoms with Crippen molar-refractivity contribution in [1.82, 2.24) is 4.90 Å². The molecule has 1 aliphatic heterocycles. The Morgan fingerprint density at radius 2 is 2.35 bits per heavy atom. The number of nitrogens with zero attached hydrogens (tertiary/aromatic N) is 1. The lowest BCUT2D eigenvalue weighted by Crippen LogP contribution is -2.54. The zero-order valence-corrected chi connectivity index (χ0v) is 11.3. The Labute approximate surface area is 116 Å². The van der Waals surface area contributed by atoms with Crippen LogP contribution in [-0.2, 0) is 9.53 Å². The van der Waals surface area contributed by atoms with E-state index in [1.165, 1.54) is 17.0 Å². The predicted molar refractivity (Wildman–Crippen MR) is 69.9 cm³/mol. The molecule has 0 bridgehead atoms. The summed E-state index contributed by atoms with van der Waals surface area (Å²) in [6.45, 7) is 2.52. The third-order valence-electron chi connectivity index (χ3n) is 3.21. The van der Waals surface area contributed by atoms with Gasteiger partial charge >= 0.3 is 0 Å². The molecule has 110 valence electrons. The minimum atomic E-state index is -0.820. The molecule has 0 spiro atoms. The molecule has 1 aliphatic rings. The van der Waals surface area contributed by atoms with Gasteiger partial charge in [-0.05, 0) is 19.1 Å². The highest BCUT2D eigenvalue weighted by Crippen LogP contribution is 2.18. The van der Waals surface area contributed by atoms with Gasteiger partial charge in [0.15, 0.2) is 17.7 Å². The van der Waals surface area contributed by atoms with Crippen LogP contribution in [0.1, 0.15) is 6.92 Å². The van der Waals surface area contributed by atoms with Crippen LogP contribution < -0.4 is 4.74 Å². The van der Waals surface area contributed by atoms with Gasteiger partial charge in [-0.1, -0.05) is 12.1 Å². The van der Waals surface area contributed by atoms with Gasteiger partial charge in [-0.25, -0.2) is 4.39 Å². The van der Waals surface area contributed by atoms with Gasteiger partial charge in [-0.3, -0.25) is 4.79 Å². The molecule has 1 aromatic carbocycles. The smallest absolute Gasteiger partial charge is 0.263 e.